The molecule has 0 aliphatic heterocycles. The first kappa shape index (κ1) is 18.4. The van der Waals surface area contributed by atoms with Gasteiger partial charge in [0.25, 0.3) is 0 Å². The van der Waals surface area contributed by atoms with Gasteiger partial charge >= 0.3 is 0 Å². The average Bonchev–Trinajstić information content (AvgIpc) is 3.30. The molecule has 0 saturated heterocycles. The van der Waals surface area contributed by atoms with Crippen molar-refractivity contribution in [3.63, 3.8) is 0 Å². The zero-order valence-corrected chi connectivity index (χ0v) is 16.5. The van der Waals surface area contributed by atoms with E-state index in [1.54, 1.807) is 7.11 Å². The van der Waals surface area contributed by atoms with E-state index in [0.29, 0.717) is 12.0 Å². The molecule has 0 spiro atoms. The number of hydrogen-bond donors (Lipinski definition) is 1. The Kier molecular flexibility index (Phi) is 6.17. The van der Waals surface area contributed by atoms with Crippen molar-refractivity contribution in [3.05, 3.63) is 29.8 Å². The summed E-state index contributed by atoms with van der Waals surface area (Å²) in [5, 5.41) is 0. The fraction of sp³-hybridized carbons (Fsp3) is 0.611. The van der Waals surface area contributed by atoms with E-state index in [-0.39, 0.29) is 29.4 Å². The molecular formula is C18H28IN3O. The van der Waals surface area contributed by atoms with Crippen molar-refractivity contribution in [3.8, 4) is 5.75 Å². The van der Waals surface area contributed by atoms with Gasteiger partial charge in [0, 0.05) is 24.1 Å². The largest absolute Gasteiger partial charge is 0.496 e. The second kappa shape index (κ2) is 7.73. The number of methoxy groups -OCH3 is 1. The fourth-order valence-corrected chi connectivity index (χ4v) is 3.64. The lowest BCUT2D eigenvalue weighted by molar-refractivity contribution is 0.376. The second-order valence-electron chi connectivity index (χ2n) is 6.70. The maximum absolute atomic E-state index is 6.19. The number of hydrogen-bond acceptors (Lipinski definition) is 2. The normalized spacial score (nSPS) is 20.0. The van der Waals surface area contributed by atoms with Gasteiger partial charge in [0.1, 0.15) is 5.75 Å². The standard InChI is InChI=1S/C18H27N3O.HI/c1-21(14-9-10-14)17(19)20-13-18(11-5-6-12-18)15-7-3-4-8-16(15)22-2;/h3-4,7-8,14H,5-6,9-13H2,1-2H3,(H2,19,20);1H. The van der Waals surface area contributed by atoms with Crippen LogP contribution in [-0.4, -0.2) is 37.6 Å². The highest BCUT2D eigenvalue weighted by Crippen LogP contribution is 2.45. The van der Waals surface area contributed by atoms with Crippen molar-refractivity contribution >= 4 is 29.9 Å². The Balaban J connectivity index is 0.00000192. The molecule has 3 rings (SSSR count). The van der Waals surface area contributed by atoms with Crippen molar-refractivity contribution in [2.75, 3.05) is 20.7 Å². The highest BCUT2D eigenvalue weighted by atomic mass is 127. The Morgan fingerprint density at radius 3 is 2.57 bits per heavy atom. The monoisotopic (exact) mass is 429 g/mol. The molecule has 2 N–H and O–H groups in total. The van der Waals surface area contributed by atoms with Crippen molar-refractivity contribution in [2.45, 2.75) is 50.0 Å². The highest BCUT2D eigenvalue weighted by molar-refractivity contribution is 14.0. The fourth-order valence-electron chi connectivity index (χ4n) is 3.64. The van der Waals surface area contributed by atoms with Gasteiger partial charge in [-0.15, -0.1) is 24.0 Å². The molecule has 2 saturated carbocycles. The number of halogens is 1. The molecule has 0 radical (unpaired) electrons. The molecule has 5 heteroatoms. The molecule has 2 aliphatic rings. The van der Waals surface area contributed by atoms with Crippen LogP contribution >= 0.6 is 24.0 Å². The smallest absolute Gasteiger partial charge is 0.191 e. The maximum atomic E-state index is 6.19. The minimum atomic E-state index is 0. The molecule has 0 amide bonds. The van der Waals surface area contributed by atoms with Gasteiger partial charge in [-0.3, -0.25) is 4.99 Å². The van der Waals surface area contributed by atoms with E-state index in [0.717, 1.165) is 25.1 Å². The van der Waals surface area contributed by atoms with E-state index in [9.17, 15) is 0 Å². The summed E-state index contributed by atoms with van der Waals surface area (Å²) in [5.74, 6) is 1.66. The van der Waals surface area contributed by atoms with Crippen LogP contribution in [0.2, 0.25) is 0 Å². The SMILES string of the molecule is COc1ccccc1C1(CN=C(N)N(C)C2CC2)CCCC1.I. The van der Waals surface area contributed by atoms with Gasteiger partial charge in [0.15, 0.2) is 5.96 Å². The molecular weight excluding hydrogens is 401 g/mol. The third-order valence-electron chi connectivity index (χ3n) is 5.24. The van der Waals surface area contributed by atoms with E-state index in [1.165, 1.54) is 31.2 Å². The van der Waals surface area contributed by atoms with Crippen LogP contribution in [0.5, 0.6) is 5.75 Å². The number of benzene rings is 1. The number of guanidine groups is 1. The summed E-state index contributed by atoms with van der Waals surface area (Å²) in [7, 11) is 3.81. The van der Waals surface area contributed by atoms with Crippen LogP contribution in [0.15, 0.2) is 29.3 Å². The highest BCUT2D eigenvalue weighted by Gasteiger charge is 2.38. The summed E-state index contributed by atoms with van der Waals surface area (Å²) >= 11 is 0. The Morgan fingerprint density at radius 2 is 1.96 bits per heavy atom. The molecule has 0 aromatic heterocycles. The number of para-hydroxylation sites is 1. The molecule has 0 atom stereocenters. The summed E-state index contributed by atoms with van der Waals surface area (Å²) in [6.07, 6.45) is 7.32. The van der Waals surface area contributed by atoms with Crippen LogP contribution in [0, 0.1) is 0 Å². The van der Waals surface area contributed by atoms with Crippen molar-refractivity contribution < 1.29 is 4.74 Å². The molecule has 2 fully saturated rings. The van der Waals surface area contributed by atoms with Crippen molar-refractivity contribution in [1.82, 2.24) is 4.90 Å². The molecule has 1 aromatic carbocycles. The molecule has 0 bridgehead atoms. The van der Waals surface area contributed by atoms with E-state index in [4.69, 9.17) is 15.5 Å². The predicted octanol–water partition coefficient (Wildman–Crippen LogP) is 3.53. The first-order valence-corrected chi connectivity index (χ1v) is 8.32. The van der Waals surface area contributed by atoms with Gasteiger partial charge in [0.2, 0.25) is 0 Å². The van der Waals surface area contributed by atoms with E-state index < -0.39 is 0 Å². The maximum Gasteiger partial charge on any atom is 0.191 e. The van der Waals surface area contributed by atoms with Gasteiger partial charge in [-0.1, -0.05) is 31.0 Å². The van der Waals surface area contributed by atoms with Crippen LogP contribution < -0.4 is 10.5 Å². The lowest BCUT2D eigenvalue weighted by Crippen LogP contribution is -2.37. The molecule has 2 aliphatic carbocycles. The number of nitrogens with two attached hydrogens (primary N) is 1. The van der Waals surface area contributed by atoms with Crippen LogP contribution in [0.4, 0.5) is 0 Å². The molecule has 23 heavy (non-hydrogen) atoms. The van der Waals surface area contributed by atoms with Gasteiger partial charge in [0.05, 0.1) is 13.7 Å². The third-order valence-corrected chi connectivity index (χ3v) is 5.24. The third kappa shape index (κ3) is 3.92. The quantitative estimate of drug-likeness (QED) is 0.443. The summed E-state index contributed by atoms with van der Waals surface area (Å²) in [5.41, 5.74) is 7.57. The van der Waals surface area contributed by atoms with Crippen LogP contribution in [0.25, 0.3) is 0 Å². The summed E-state index contributed by atoms with van der Waals surface area (Å²) < 4.78 is 5.60. The Morgan fingerprint density at radius 1 is 1.30 bits per heavy atom. The van der Waals surface area contributed by atoms with Gasteiger partial charge in [-0.25, -0.2) is 0 Å². The van der Waals surface area contributed by atoms with Gasteiger partial charge < -0.3 is 15.4 Å². The summed E-state index contributed by atoms with van der Waals surface area (Å²) in [6, 6.07) is 8.99. The minimum absolute atomic E-state index is 0. The van der Waals surface area contributed by atoms with Gasteiger partial charge in [-0.05, 0) is 31.7 Å². The topological polar surface area (TPSA) is 50.9 Å². The van der Waals surface area contributed by atoms with Gasteiger partial charge in [-0.2, -0.15) is 0 Å². The first-order chi connectivity index (χ1) is 10.7. The Labute approximate surface area is 156 Å². The molecule has 4 nitrogen and oxygen atoms in total. The predicted molar refractivity (Wildman–Crippen MR) is 106 cm³/mol. The molecule has 0 heterocycles. The van der Waals surface area contributed by atoms with Crippen LogP contribution in [0.3, 0.4) is 0 Å². The Bertz CT molecular complexity index is 551. The molecule has 128 valence electrons. The number of rotatable bonds is 5. The first-order valence-electron chi connectivity index (χ1n) is 8.32. The zero-order valence-electron chi connectivity index (χ0n) is 14.1. The summed E-state index contributed by atoms with van der Waals surface area (Å²) in [4.78, 5) is 6.89. The minimum Gasteiger partial charge on any atom is -0.496 e. The van der Waals surface area contributed by atoms with Crippen molar-refractivity contribution in [1.29, 1.82) is 0 Å². The average molecular weight is 429 g/mol. The van der Waals surface area contributed by atoms with E-state index >= 15 is 0 Å². The summed E-state index contributed by atoms with van der Waals surface area (Å²) in [6.45, 7) is 0.760. The van der Waals surface area contributed by atoms with E-state index in [2.05, 4.69) is 30.1 Å². The number of aliphatic imine (C=N–C) groups is 1. The van der Waals surface area contributed by atoms with Crippen molar-refractivity contribution in [2.24, 2.45) is 10.7 Å². The van der Waals surface area contributed by atoms with Crippen LogP contribution in [0.1, 0.15) is 44.1 Å². The lowest BCUT2D eigenvalue weighted by atomic mass is 9.78. The number of nitrogens with zero attached hydrogens (tertiary/aromatic N) is 2. The second-order valence-corrected chi connectivity index (χ2v) is 6.70. The van der Waals surface area contributed by atoms with Crippen LogP contribution in [-0.2, 0) is 5.41 Å². The zero-order chi connectivity index (χ0) is 15.6. The van der Waals surface area contributed by atoms with E-state index in [1.807, 2.05) is 6.07 Å². The molecule has 1 aromatic rings. The number of ether oxygens (including phenoxy) is 1. The Hall–Kier alpha value is -0.980. The lowest BCUT2D eigenvalue weighted by Gasteiger charge is -2.30. The molecule has 0 unspecified atom stereocenters.